The maximum absolute atomic E-state index is 11.7. The normalized spacial score (nSPS) is 10.7. The number of benzene rings is 1. The Labute approximate surface area is 166 Å². The van der Waals surface area contributed by atoms with Crippen molar-refractivity contribution in [1.82, 2.24) is 15.0 Å². The van der Waals surface area contributed by atoms with Gasteiger partial charge in [0.25, 0.3) is 0 Å². The number of nitrogens with zero attached hydrogens (tertiary/aromatic N) is 3. The van der Waals surface area contributed by atoms with Crippen molar-refractivity contribution in [2.45, 2.75) is 25.4 Å². The first-order valence-corrected chi connectivity index (χ1v) is 9.70. The second-order valence-electron chi connectivity index (χ2n) is 6.04. The number of aromatic nitrogens is 3. The lowest BCUT2D eigenvalue weighted by atomic mass is 10.2. The van der Waals surface area contributed by atoms with Gasteiger partial charge in [0, 0.05) is 5.69 Å². The number of carbonyl (C=O) groups is 1. The van der Waals surface area contributed by atoms with E-state index < -0.39 is 5.97 Å². The summed E-state index contributed by atoms with van der Waals surface area (Å²) in [7, 11) is 1.34. The second-order valence-corrected chi connectivity index (χ2v) is 7.03. The van der Waals surface area contributed by atoms with Crippen LogP contribution in [0.15, 0.2) is 34.7 Å². The fourth-order valence-electron chi connectivity index (χ4n) is 2.56. The van der Waals surface area contributed by atoms with Gasteiger partial charge in [-0.3, -0.25) is 0 Å². The number of hydrogen-bond acceptors (Lipinski definition) is 9. The van der Waals surface area contributed by atoms with Crippen LogP contribution in [0.25, 0.3) is 0 Å². The van der Waals surface area contributed by atoms with Crippen molar-refractivity contribution in [2.24, 2.45) is 0 Å². The molecule has 2 heterocycles. The smallest absolute Gasteiger partial charge is 0.341 e. The number of methoxy groups -OCH3 is 1. The summed E-state index contributed by atoms with van der Waals surface area (Å²) in [4.78, 5) is 24.4. The predicted molar refractivity (Wildman–Crippen MR) is 108 cm³/mol. The van der Waals surface area contributed by atoms with Gasteiger partial charge in [-0.05, 0) is 31.5 Å². The van der Waals surface area contributed by atoms with Crippen molar-refractivity contribution in [3.05, 3.63) is 58.8 Å². The Balaban J connectivity index is 1.64. The molecule has 0 aliphatic carbocycles. The van der Waals surface area contributed by atoms with E-state index in [-0.39, 0.29) is 5.95 Å². The molecule has 0 amide bonds. The number of rotatable bonds is 7. The highest BCUT2D eigenvalue weighted by Gasteiger charge is 2.15. The highest BCUT2D eigenvalue weighted by molar-refractivity contribution is 7.97. The summed E-state index contributed by atoms with van der Waals surface area (Å²) in [5, 5.41) is 3.17. The Kier molecular flexibility index (Phi) is 6.15. The van der Waals surface area contributed by atoms with Gasteiger partial charge in [-0.25, -0.2) is 4.79 Å². The van der Waals surface area contributed by atoms with E-state index in [1.54, 1.807) is 24.8 Å². The lowest BCUT2D eigenvalue weighted by Crippen LogP contribution is -2.07. The first-order valence-electron chi connectivity index (χ1n) is 8.54. The Hall–Kier alpha value is -3.07. The lowest BCUT2D eigenvalue weighted by Gasteiger charge is -2.09. The number of hydrogen-bond donors (Lipinski definition) is 2. The van der Waals surface area contributed by atoms with E-state index >= 15 is 0 Å². The van der Waals surface area contributed by atoms with Gasteiger partial charge in [-0.15, -0.1) is 11.8 Å². The molecule has 0 aliphatic rings. The van der Waals surface area contributed by atoms with Crippen LogP contribution in [-0.4, -0.2) is 28.0 Å². The quantitative estimate of drug-likeness (QED) is 0.574. The molecular weight excluding hydrogens is 378 g/mol. The van der Waals surface area contributed by atoms with Crippen LogP contribution in [0.4, 0.5) is 17.6 Å². The maximum atomic E-state index is 11.7. The van der Waals surface area contributed by atoms with Crippen LogP contribution in [0, 0.1) is 13.8 Å². The molecule has 0 fully saturated rings. The van der Waals surface area contributed by atoms with Crippen molar-refractivity contribution in [1.29, 1.82) is 0 Å². The molecule has 3 aromatic rings. The number of thioether (sulfide) groups is 1. The number of nitrogens with one attached hydrogen (secondary N) is 1. The molecule has 28 heavy (non-hydrogen) atoms. The minimum absolute atomic E-state index is 0.156. The van der Waals surface area contributed by atoms with Crippen molar-refractivity contribution >= 4 is 35.3 Å². The average molecular weight is 399 g/mol. The Bertz CT molecular complexity index is 989. The number of anilines is 3. The molecule has 0 saturated heterocycles. The Morgan fingerprint density at radius 2 is 2.00 bits per heavy atom. The fourth-order valence-corrected chi connectivity index (χ4v) is 3.32. The number of aryl methyl sites for hydroxylation is 2. The van der Waals surface area contributed by atoms with Gasteiger partial charge in [0.1, 0.15) is 22.9 Å². The monoisotopic (exact) mass is 399 g/mol. The molecule has 0 atom stereocenters. The van der Waals surface area contributed by atoms with Crippen molar-refractivity contribution in [2.75, 3.05) is 18.2 Å². The van der Waals surface area contributed by atoms with Crippen LogP contribution >= 0.6 is 11.8 Å². The van der Waals surface area contributed by atoms with Crippen LogP contribution in [0.5, 0.6) is 0 Å². The van der Waals surface area contributed by atoms with E-state index in [2.05, 4.69) is 20.3 Å². The van der Waals surface area contributed by atoms with E-state index in [0.717, 1.165) is 11.3 Å². The van der Waals surface area contributed by atoms with Gasteiger partial charge >= 0.3 is 5.97 Å². The highest BCUT2D eigenvalue weighted by atomic mass is 32.2. The van der Waals surface area contributed by atoms with E-state index in [1.165, 1.54) is 7.11 Å². The van der Waals surface area contributed by atoms with Crippen molar-refractivity contribution in [3.8, 4) is 0 Å². The molecule has 3 N–H and O–H groups in total. The third kappa shape index (κ3) is 4.80. The summed E-state index contributed by atoms with van der Waals surface area (Å²) in [6.07, 6.45) is 0. The average Bonchev–Trinajstić information content (AvgIpc) is 3.03. The molecule has 0 radical (unpaired) electrons. The summed E-state index contributed by atoms with van der Waals surface area (Å²) in [6, 6.07) is 9.54. The predicted octanol–water partition coefficient (Wildman–Crippen LogP) is 3.63. The van der Waals surface area contributed by atoms with Gasteiger partial charge in [-0.2, -0.15) is 15.0 Å². The molecule has 0 aliphatic heterocycles. The zero-order chi connectivity index (χ0) is 20.1. The Morgan fingerprint density at radius 3 is 2.75 bits per heavy atom. The van der Waals surface area contributed by atoms with Crippen LogP contribution in [-0.2, 0) is 16.2 Å². The number of ether oxygens (including phenoxy) is 1. The number of carbonyl (C=O) groups excluding carboxylic acids is 1. The lowest BCUT2D eigenvalue weighted by molar-refractivity contribution is 0.0599. The molecule has 146 valence electrons. The van der Waals surface area contributed by atoms with Gasteiger partial charge in [-0.1, -0.05) is 18.2 Å². The number of esters is 1. The van der Waals surface area contributed by atoms with Gasteiger partial charge in [0.05, 0.1) is 18.6 Å². The van der Waals surface area contributed by atoms with Crippen LogP contribution in [0.2, 0.25) is 0 Å². The zero-order valence-corrected chi connectivity index (χ0v) is 16.7. The van der Waals surface area contributed by atoms with Gasteiger partial charge in [0.15, 0.2) is 0 Å². The van der Waals surface area contributed by atoms with Crippen LogP contribution in [0.3, 0.4) is 0 Å². The molecule has 8 nitrogen and oxygen atoms in total. The van der Waals surface area contributed by atoms with E-state index in [9.17, 15) is 4.79 Å². The van der Waals surface area contributed by atoms with Crippen molar-refractivity contribution in [3.63, 3.8) is 0 Å². The maximum Gasteiger partial charge on any atom is 0.341 e. The summed E-state index contributed by atoms with van der Waals surface area (Å²) >= 11 is 1.55. The molecule has 0 unspecified atom stereocenters. The summed E-state index contributed by atoms with van der Waals surface area (Å²) in [5.74, 6) is 3.01. The Morgan fingerprint density at radius 1 is 1.21 bits per heavy atom. The molecule has 0 spiro atoms. The second kappa shape index (κ2) is 8.75. The SMILES string of the molecule is COC(=O)c1cc(CSCc2nc(N)nc(Nc3ccccc3C)n2)oc1C. The van der Waals surface area contributed by atoms with Crippen LogP contribution in [0.1, 0.15) is 33.3 Å². The molecule has 1 aromatic carbocycles. The summed E-state index contributed by atoms with van der Waals surface area (Å²) in [6.45, 7) is 3.73. The first kappa shape index (κ1) is 19.7. The number of furan rings is 1. The highest BCUT2D eigenvalue weighted by Crippen LogP contribution is 2.23. The van der Waals surface area contributed by atoms with Gasteiger partial charge in [0.2, 0.25) is 11.9 Å². The van der Waals surface area contributed by atoms with Crippen LogP contribution < -0.4 is 11.1 Å². The number of nitrogen functional groups attached to an aromatic ring is 1. The third-order valence-electron chi connectivity index (χ3n) is 3.94. The molecule has 0 bridgehead atoms. The number of nitrogens with two attached hydrogens (primary N) is 1. The molecular formula is C19H21N5O3S. The standard InChI is InChI=1S/C19H21N5O3S/c1-11-6-4-5-7-15(11)21-19-23-16(22-18(20)24-19)10-28-9-13-8-14(12(2)27-13)17(25)26-3/h4-8H,9-10H2,1-3H3,(H3,20,21,22,23,24). The first-order chi connectivity index (χ1) is 13.5. The van der Waals surface area contributed by atoms with E-state index in [1.807, 2.05) is 31.2 Å². The van der Waals surface area contributed by atoms with Gasteiger partial charge < -0.3 is 20.2 Å². The van der Waals surface area contributed by atoms with E-state index in [0.29, 0.717) is 40.4 Å². The summed E-state index contributed by atoms with van der Waals surface area (Å²) < 4.78 is 10.3. The molecule has 9 heteroatoms. The molecule has 0 saturated carbocycles. The topological polar surface area (TPSA) is 116 Å². The minimum atomic E-state index is -0.408. The minimum Gasteiger partial charge on any atom is -0.465 e. The van der Waals surface area contributed by atoms with E-state index in [4.69, 9.17) is 14.9 Å². The zero-order valence-electron chi connectivity index (χ0n) is 15.9. The number of para-hydroxylation sites is 1. The third-order valence-corrected chi connectivity index (χ3v) is 4.89. The summed E-state index contributed by atoms with van der Waals surface area (Å²) in [5.41, 5.74) is 8.25. The van der Waals surface area contributed by atoms with Crippen molar-refractivity contribution < 1.29 is 13.9 Å². The largest absolute Gasteiger partial charge is 0.465 e. The molecule has 3 rings (SSSR count). The molecule has 2 aromatic heterocycles. The fraction of sp³-hybridized carbons (Fsp3) is 0.263.